The third kappa shape index (κ3) is 3.32. The normalized spacial score (nSPS) is 14.1. The predicted octanol–water partition coefficient (Wildman–Crippen LogP) is 5.38. The molecule has 0 bridgehead atoms. The standard InChI is InChI=1S/C21H13ClF2N2O2S/c1-11-13(22)4-2-5-16(11)26-20(27)18(17-6-3-9-29-17)19(21(26)28)25-12-7-8-14(23)15(24)10-12/h2-10,25H,1H3. The van der Waals surface area contributed by atoms with Crippen molar-refractivity contribution in [2.75, 3.05) is 10.2 Å². The van der Waals surface area contributed by atoms with E-state index in [0.29, 0.717) is 21.2 Å². The van der Waals surface area contributed by atoms with Gasteiger partial charge in [-0.1, -0.05) is 23.7 Å². The maximum absolute atomic E-state index is 13.6. The molecule has 0 radical (unpaired) electrons. The summed E-state index contributed by atoms with van der Waals surface area (Å²) in [6, 6.07) is 11.6. The quantitative estimate of drug-likeness (QED) is 0.565. The van der Waals surface area contributed by atoms with Crippen LogP contribution in [0.4, 0.5) is 20.2 Å². The van der Waals surface area contributed by atoms with Crippen LogP contribution < -0.4 is 10.2 Å². The summed E-state index contributed by atoms with van der Waals surface area (Å²) in [7, 11) is 0. The van der Waals surface area contributed by atoms with Crippen molar-refractivity contribution < 1.29 is 18.4 Å². The SMILES string of the molecule is Cc1c(Cl)cccc1N1C(=O)C(Nc2ccc(F)c(F)c2)=C(c2cccs2)C1=O. The monoisotopic (exact) mass is 430 g/mol. The highest BCUT2D eigenvalue weighted by atomic mass is 35.5. The summed E-state index contributed by atoms with van der Waals surface area (Å²) in [5.74, 6) is -3.19. The number of halogens is 3. The van der Waals surface area contributed by atoms with Gasteiger partial charge in [-0.25, -0.2) is 13.7 Å². The molecule has 2 aromatic carbocycles. The van der Waals surface area contributed by atoms with Crippen LogP contribution in [0.3, 0.4) is 0 Å². The van der Waals surface area contributed by atoms with E-state index in [1.807, 2.05) is 0 Å². The van der Waals surface area contributed by atoms with Crippen LogP contribution in [0.25, 0.3) is 5.57 Å². The van der Waals surface area contributed by atoms with Gasteiger partial charge in [-0.05, 0) is 48.2 Å². The molecule has 0 aliphatic carbocycles. The lowest BCUT2D eigenvalue weighted by molar-refractivity contribution is -0.120. The molecule has 29 heavy (non-hydrogen) atoms. The summed E-state index contributed by atoms with van der Waals surface area (Å²) in [5.41, 5.74) is 1.25. The second-order valence-electron chi connectivity index (χ2n) is 6.31. The molecule has 8 heteroatoms. The average Bonchev–Trinajstić information content (AvgIpc) is 3.28. The predicted molar refractivity (Wildman–Crippen MR) is 110 cm³/mol. The van der Waals surface area contributed by atoms with Crippen LogP contribution in [0.15, 0.2) is 59.6 Å². The molecule has 0 fully saturated rings. The van der Waals surface area contributed by atoms with E-state index in [9.17, 15) is 18.4 Å². The Balaban J connectivity index is 1.83. The smallest absolute Gasteiger partial charge is 0.282 e. The van der Waals surface area contributed by atoms with Gasteiger partial charge in [0.25, 0.3) is 11.8 Å². The van der Waals surface area contributed by atoms with Crippen LogP contribution in [0.5, 0.6) is 0 Å². The van der Waals surface area contributed by atoms with E-state index in [0.717, 1.165) is 17.0 Å². The molecule has 1 N–H and O–H groups in total. The average molecular weight is 431 g/mol. The number of carbonyl (C=O) groups is 2. The molecular formula is C21H13ClF2N2O2S. The van der Waals surface area contributed by atoms with Crippen molar-refractivity contribution >= 4 is 51.7 Å². The number of nitrogens with zero attached hydrogens (tertiary/aromatic N) is 1. The van der Waals surface area contributed by atoms with Gasteiger partial charge in [0, 0.05) is 21.7 Å². The molecular weight excluding hydrogens is 418 g/mol. The number of thiophene rings is 1. The number of hydrogen-bond acceptors (Lipinski definition) is 4. The van der Waals surface area contributed by atoms with Gasteiger partial charge in [0.1, 0.15) is 5.70 Å². The fourth-order valence-electron chi connectivity index (χ4n) is 3.07. The lowest BCUT2D eigenvalue weighted by Gasteiger charge is -2.18. The van der Waals surface area contributed by atoms with Crippen molar-refractivity contribution in [2.45, 2.75) is 6.92 Å². The summed E-state index contributed by atoms with van der Waals surface area (Å²) < 4.78 is 26.9. The first-order valence-electron chi connectivity index (χ1n) is 8.52. The van der Waals surface area contributed by atoms with Crippen molar-refractivity contribution in [1.29, 1.82) is 0 Å². The summed E-state index contributed by atoms with van der Waals surface area (Å²) in [6.07, 6.45) is 0. The Morgan fingerprint density at radius 2 is 1.79 bits per heavy atom. The summed E-state index contributed by atoms with van der Waals surface area (Å²) in [6.45, 7) is 1.71. The van der Waals surface area contributed by atoms with Crippen LogP contribution in [0.1, 0.15) is 10.4 Å². The van der Waals surface area contributed by atoms with E-state index >= 15 is 0 Å². The summed E-state index contributed by atoms with van der Waals surface area (Å²) in [4.78, 5) is 28.1. The number of hydrogen-bond donors (Lipinski definition) is 1. The van der Waals surface area contributed by atoms with E-state index in [1.165, 1.54) is 17.4 Å². The maximum Gasteiger partial charge on any atom is 0.282 e. The van der Waals surface area contributed by atoms with E-state index in [4.69, 9.17) is 11.6 Å². The lowest BCUT2D eigenvalue weighted by atomic mass is 10.1. The first kappa shape index (κ1) is 19.3. The van der Waals surface area contributed by atoms with E-state index in [1.54, 1.807) is 42.6 Å². The van der Waals surface area contributed by atoms with Gasteiger partial charge < -0.3 is 5.32 Å². The van der Waals surface area contributed by atoms with Gasteiger partial charge in [-0.3, -0.25) is 9.59 Å². The zero-order valence-corrected chi connectivity index (χ0v) is 16.6. The highest BCUT2D eigenvalue weighted by molar-refractivity contribution is 7.11. The molecule has 0 atom stereocenters. The van der Waals surface area contributed by atoms with Gasteiger partial charge in [0.05, 0.1) is 11.3 Å². The van der Waals surface area contributed by atoms with Gasteiger partial charge in [-0.15, -0.1) is 11.3 Å². The second-order valence-corrected chi connectivity index (χ2v) is 7.67. The van der Waals surface area contributed by atoms with E-state index < -0.39 is 23.4 Å². The zero-order valence-electron chi connectivity index (χ0n) is 15.0. The molecule has 1 aromatic heterocycles. The molecule has 0 saturated heterocycles. The number of nitrogens with one attached hydrogen (secondary N) is 1. The van der Waals surface area contributed by atoms with E-state index in [-0.39, 0.29) is 17.0 Å². The number of carbonyl (C=O) groups excluding carboxylic acids is 2. The topological polar surface area (TPSA) is 49.4 Å². The number of anilines is 2. The van der Waals surface area contributed by atoms with Crippen molar-refractivity contribution in [3.63, 3.8) is 0 Å². The van der Waals surface area contributed by atoms with Crippen LogP contribution in [-0.4, -0.2) is 11.8 Å². The van der Waals surface area contributed by atoms with Crippen molar-refractivity contribution in [2.24, 2.45) is 0 Å². The minimum Gasteiger partial charge on any atom is -0.350 e. The van der Waals surface area contributed by atoms with Gasteiger partial charge in [-0.2, -0.15) is 0 Å². The van der Waals surface area contributed by atoms with Gasteiger partial charge in [0.15, 0.2) is 11.6 Å². The Labute approximate surface area is 174 Å². The Hall–Kier alpha value is -3.03. The molecule has 1 aliphatic heterocycles. The van der Waals surface area contributed by atoms with Crippen LogP contribution in [0, 0.1) is 18.6 Å². The Morgan fingerprint density at radius 1 is 1.00 bits per heavy atom. The second kappa shape index (κ2) is 7.42. The van der Waals surface area contributed by atoms with Crippen molar-refractivity contribution in [3.05, 3.63) is 86.7 Å². The summed E-state index contributed by atoms with van der Waals surface area (Å²) in [5, 5.41) is 5.00. The number of rotatable bonds is 4. The Bertz CT molecular complexity index is 1180. The molecule has 4 rings (SSSR count). The molecule has 3 aromatic rings. The third-order valence-corrected chi connectivity index (χ3v) is 5.82. The summed E-state index contributed by atoms with van der Waals surface area (Å²) >= 11 is 7.46. The highest BCUT2D eigenvalue weighted by Crippen LogP contribution is 2.37. The van der Waals surface area contributed by atoms with Crippen molar-refractivity contribution in [1.82, 2.24) is 0 Å². The Kier molecular flexibility index (Phi) is 4.94. The van der Waals surface area contributed by atoms with Gasteiger partial charge in [0.2, 0.25) is 0 Å². The molecule has 146 valence electrons. The minimum absolute atomic E-state index is 0.0113. The molecule has 2 amide bonds. The fourth-order valence-corrected chi connectivity index (χ4v) is 4.01. The number of benzene rings is 2. The minimum atomic E-state index is -1.06. The van der Waals surface area contributed by atoms with Crippen LogP contribution >= 0.6 is 22.9 Å². The molecule has 0 unspecified atom stereocenters. The molecule has 2 heterocycles. The van der Waals surface area contributed by atoms with Gasteiger partial charge >= 0.3 is 0 Å². The number of imide groups is 1. The first-order chi connectivity index (χ1) is 13.9. The molecule has 1 aliphatic rings. The van der Waals surface area contributed by atoms with Crippen molar-refractivity contribution in [3.8, 4) is 0 Å². The maximum atomic E-state index is 13.6. The zero-order chi connectivity index (χ0) is 20.7. The van der Waals surface area contributed by atoms with Crippen LogP contribution in [0.2, 0.25) is 5.02 Å². The first-order valence-corrected chi connectivity index (χ1v) is 9.78. The molecule has 0 spiro atoms. The third-order valence-electron chi connectivity index (χ3n) is 4.52. The fraction of sp³-hybridized carbons (Fsp3) is 0.0476. The Morgan fingerprint density at radius 3 is 2.48 bits per heavy atom. The molecule has 4 nitrogen and oxygen atoms in total. The van der Waals surface area contributed by atoms with Crippen LogP contribution in [-0.2, 0) is 9.59 Å². The number of amides is 2. The molecule has 0 saturated carbocycles. The van der Waals surface area contributed by atoms with E-state index in [2.05, 4.69) is 5.32 Å². The lowest BCUT2D eigenvalue weighted by Crippen LogP contribution is -2.33. The largest absolute Gasteiger partial charge is 0.350 e. The highest BCUT2D eigenvalue weighted by Gasteiger charge is 2.41.